The first-order valence-corrected chi connectivity index (χ1v) is 13.5. The molecule has 1 heterocycles. The molecule has 3 aromatic carbocycles. The molecule has 6 heteroatoms. The lowest BCUT2D eigenvalue weighted by molar-refractivity contribution is 0.105. The Morgan fingerprint density at radius 1 is 0.921 bits per heavy atom. The fourth-order valence-electron chi connectivity index (χ4n) is 4.09. The summed E-state index contributed by atoms with van der Waals surface area (Å²) in [6, 6.07) is 28.6. The Bertz CT molecular complexity index is 1210. The van der Waals surface area contributed by atoms with Crippen LogP contribution in [0.25, 0.3) is 10.8 Å². The number of rotatable bonds is 11. The minimum atomic E-state index is -0.499. The number of hydrogen-bond acceptors (Lipinski definition) is 5. The molecule has 202 valence electrons. The van der Waals surface area contributed by atoms with E-state index in [1.807, 2.05) is 60.8 Å². The molecular formula is C32H40ClN3O2. The maximum Gasteiger partial charge on any atom is 0.127 e. The summed E-state index contributed by atoms with van der Waals surface area (Å²) >= 11 is 5.97. The highest BCUT2D eigenvalue weighted by molar-refractivity contribution is 6.30. The zero-order valence-corrected chi connectivity index (χ0v) is 23.6. The number of halogens is 1. The maximum absolute atomic E-state index is 9.84. The molecule has 2 atom stereocenters. The van der Waals surface area contributed by atoms with E-state index in [0.29, 0.717) is 25.1 Å². The molecular weight excluding hydrogens is 494 g/mol. The predicted octanol–water partition coefficient (Wildman–Crippen LogP) is 6.40. The van der Waals surface area contributed by atoms with Gasteiger partial charge in [0.15, 0.2) is 0 Å². The third-order valence-electron chi connectivity index (χ3n) is 6.12. The van der Waals surface area contributed by atoms with Gasteiger partial charge in [-0.1, -0.05) is 80.0 Å². The van der Waals surface area contributed by atoms with Gasteiger partial charge >= 0.3 is 0 Å². The molecule has 2 unspecified atom stereocenters. The first kappa shape index (κ1) is 29.6. The summed E-state index contributed by atoms with van der Waals surface area (Å²) in [4.78, 5) is 6.70. The van der Waals surface area contributed by atoms with Gasteiger partial charge in [0.1, 0.15) is 18.5 Å². The molecule has 0 aliphatic heterocycles. The maximum atomic E-state index is 9.84. The summed E-state index contributed by atoms with van der Waals surface area (Å²) in [7, 11) is 4.19. The van der Waals surface area contributed by atoms with Crippen LogP contribution in [0, 0.1) is 0 Å². The Hall–Kier alpha value is -2.96. The Balaban J connectivity index is 0.000000211. The Kier molecular flexibility index (Phi) is 12.0. The zero-order valence-electron chi connectivity index (χ0n) is 22.8. The molecule has 0 saturated heterocycles. The second-order valence-electron chi connectivity index (χ2n) is 9.96. The normalized spacial score (nSPS) is 12.7. The van der Waals surface area contributed by atoms with Crippen molar-refractivity contribution >= 4 is 22.4 Å². The van der Waals surface area contributed by atoms with Crippen LogP contribution in [0.1, 0.15) is 37.4 Å². The molecule has 4 rings (SSSR count). The highest BCUT2D eigenvalue weighted by Gasteiger charge is 2.15. The summed E-state index contributed by atoms with van der Waals surface area (Å²) < 4.78 is 5.72. The van der Waals surface area contributed by atoms with Gasteiger partial charge in [-0.05, 0) is 68.3 Å². The molecule has 0 aliphatic carbocycles. The fourth-order valence-corrected chi connectivity index (χ4v) is 4.21. The SMILES string of the molecule is CC(C)NCC(O)COc1cccc2ccccc12.CN(C)CCC(c1ccc(Cl)cc1)c1ccccn1. The van der Waals surface area contributed by atoms with E-state index < -0.39 is 6.10 Å². The average Bonchev–Trinajstić information content (AvgIpc) is 2.92. The van der Waals surface area contributed by atoms with E-state index in [1.54, 1.807) is 0 Å². The third-order valence-corrected chi connectivity index (χ3v) is 6.38. The first-order chi connectivity index (χ1) is 18.3. The molecule has 0 aliphatic rings. The number of nitrogens with one attached hydrogen (secondary N) is 1. The molecule has 38 heavy (non-hydrogen) atoms. The van der Waals surface area contributed by atoms with Crippen molar-refractivity contribution in [3.63, 3.8) is 0 Å². The fraction of sp³-hybridized carbons (Fsp3) is 0.344. The van der Waals surface area contributed by atoms with Gasteiger partial charge in [0, 0.05) is 40.8 Å². The van der Waals surface area contributed by atoms with Gasteiger partial charge < -0.3 is 20.1 Å². The number of ether oxygens (including phenoxy) is 1. The highest BCUT2D eigenvalue weighted by atomic mass is 35.5. The van der Waals surface area contributed by atoms with Gasteiger partial charge in [-0.2, -0.15) is 0 Å². The Labute approximate surface area is 232 Å². The molecule has 0 spiro atoms. The average molecular weight is 534 g/mol. The highest BCUT2D eigenvalue weighted by Crippen LogP contribution is 2.28. The lowest BCUT2D eigenvalue weighted by atomic mass is 9.92. The summed E-state index contributed by atoms with van der Waals surface area (Å²) in [5.41, 5.74) is 2.39. The Morgan fingerprint density at radius 2 is 1.63 bits per heavy atom. The van der Waals surface area contributed by atoms with Crippen molar-refractivity contribution < 1.29 is 9.84 Å². The van der Waals surface area contributed by atoms with Crippen LogP contribution in [-0.2, 0) is 0 Å². The van der Waals surface area contributed by atoms with E-state index in [4.69, 9.17) is 16.3 Å². The van der Waals surface area contributed by atoms with Crippen molar-refractivity contribution in [2.75, 3.05) is 33.8 Å². The van der Waals surface area contributed by atoms with Crippen LogP contribution >= 0.6 is 11.6 Å². The molecule has 0 saturated carbocycles. The Morgan fingerprint density at radius 3 is 2.32 bits per heavy atom. The van der Waals surface area contributed by atoms with Crippen LogP contribution in [-0.4, -0.2) is 60.9 Å². The van der Waals surface area contributed by atoms with Gasteiger partial charge in [0.05, 0.1) is 0 Å². The number of nitrogens with zero attached hydrogens (tertiary/aromatic N) is 2. The number of aliphatic hydroxyl groups excluding tert-OH is 1. The summed E-state index contributed by atoms with van der Waals surface area (Å²) in [6.07, 6.45) is 2.40. The summed E-state index contributed by atoms with van der Waals surface area (Å²) in [5, 5.41) is 16.0. The largest absolute Gasteiger partial charge is 0.490 e. The third kappa shape index (κ3) is 9.73. The van der Waals surface area contributed by atoms with Gasteiger partial charge in [0.2, 0.25) is 0 Å². The lowest BCUT2D eigenvalue weighted by Crippen LogP contribution is -2.35. The summed E-state index contributed by atoms with van der Waals surface area (Å²) in [6.45, 7) is 5.98. The van der Waals surface area contributed by atoms with E-state index in [2.05, 4.69) is 73.5 Å². The van der Waals surface area contributed by atoms with E-state index in [-0.39, 0.29) is 0 Å². The number of fused-ring (bicyclic) bond motifs is 1. The van der Waals surface area contributed by atoms with Crippen LogP contribution in [0.15, 0.2) is 91.1 Å². The minimum Gasteiger partial charge on any atom is -0.490 e. The van der Waals surface area contributed by atoms with Gasteiger partial charge in [-0.15, -0.1) is 0 Å². The molecule has 0 bridgehead atoms. The molecule has 1 aromatic heterocycles. The van der Waals surface area contributed by atoms with Crippen LogP contribution in [0.3, 0.4) is 0 Å². The molecule has 5 nitrogen and oxygen atoms in total. The number of hydrogen-bond donors (Lipinski definition) is 2. The van der Waals surface area contributed by atoms with E-state index >= 15 is 0 Å². The van der Waals surface area contributed by atoms with Crippen molar-refractivity contribution in [3.8, 4) is 5.75 Å². The molecule has 4 aromatic rings. The summed E-state index contributed by atoms with van der Waals surface area (Å²) in [5.74, 6) is 1.14. The monoisotopic (exact) mass is 533 g/mol. The van der Waals surface area contributed by atoms with Crippen LogP contribution in [0.2, 0.25) is 5.02 Å². The molecule has 0 radical (unpaired) electrons. The molecule has 0 amide bonds. The second kappa shape index (κ2) is 15.5. The van der Waals surface area contributed by atoms with Crippen molar-refractivity contribution in [1.82, 2.24) is 15.2 Å². The van der Waals surface area contributed by atoms with Crippen molar-refractivity contribution in [1.29, 1.82) is 0 Å². The smallest absolute Gasteiger partial charge is 0.127 e. The topological polar surface area (TPSA) is 57.6 Å². The van der Waals surface area contributed by atoms with E-state index in [1.165, 1.54) is 5.56 Å². The second-order valence-corrected chi connectivity index (χ2v) is 10.4. The van der Waals surface area contributed by atoms with Gasteiger partial charge in [-0.25, -0.2) is 0 Å². The van der Waals surface area contributed by atoms with Gasteiger partial charge in [0.25, 0.3) is 0 Å². The number of aromatic nitrogens is 1. The molecule has 0 fully saturated rings. The minimum absolute atomic E-state index is 0.299. The lowest BCUT2D eigenvalue weighted by Gasteiger charge is -2.19. The number of benzene rings is 3. The van der Waals surface area contributed by atoms with Crippen molar-refractivity contribution in [3.05, 3.63) is 107 Å². The van der Waals surface area contributed by atoms with Gasteiger partial charge in [-0.3, -0.25) is 4.98 Å². The first-order valence-electron chi connectivity index (χ1n) is 13.2. The predicted molar refractivity (Wildman–Crippen MR) is 159 cm³/mol. The molecule has 2 N–H and O–H groups in total. The number of pyridine rings is 1. The van der Waals surface area contributed by atoms with Crippen LogP contribution in [0.4, 0.5) is 0 Å². The van der Waals surface area contributed by atoms with E-state index in [9.17, 15) is 5.11 Å². The van der Waals surface area contributed by atoms with Crippen molar-refractivity contribution in [2.24, 2.45) is 0 Å². The van der Waals surface area contributed by atoms with Crippen molar-refractivity contribution in [2.45, 2.75) is 38.3 Å². The standard InChI is InChI=1S/C16H19ClN2.C16H21NO2/c1-19(2)12-10-15(16-5-3-4-11-18-16)13-6-8-14(17)9-7-13;1-12(2)17-10-14(18)11-19-16-9-5-7-13-6-3-4-8-15(13)16/h3-9,11,15H,10,12H2,1-2H3;3-9,12,14,17-18H,10-11H2,1-2H3. The number of aliphatic hydroxyl groups is 1. The van der Waals surface area contributed by atoms with Crippen LogP contribution in [0.5, 0.6) is 5.75 Å². The zero-order chi connectivity index (χ0) is 27.3. The van der Waals surface area contributed by atoms with E-state index in [0.717, 1.165) is 40.2 Å². The quantitative estimate of drug-likeness (QED) is 0.234. The van der Waals surface area contributed by atoms with Crippen LogP contribution < -0.4 is 10.1 Å².